The van der Waals surface area contributed by atoms with Crippen molar-refractivity contribution in [1.82, 2.24) is 19.5 Å². The highest BCUT2D eigenvalue weighted by molar-refractivity contribution is 7.89. The first-order valence-corrected chi connectivity index (χ1v) is 9.47. The van der Waals surface area contributed by atoms with Crippen LogP contribution < -0.4 is 0 Å². The third kappa shape index (κ3) is 3.11. The Morgan fingerprint density at radius 3 is 2.69 bits per heavy atom. The predicted molar refractivity (Wildman–Crippen MR) is 90.0 cm³/mol. The van der Waals surface area contributed by atoms with Gasteiger partial charge >= 0.3 is 0 Å². The second kappa shape index (κ2) is 6.58. The SMILES string of the molecule is O=S(=O)(c1ccc(F)cc1)N1CC[C@@H](c2nnc(-c3cccnc3)o2)C1. The Morgan fingerprint density at radius 1 is 1.15 bits per heavy atom. The van der Waals surface area contributed by atoms with E-state index in [9.17, 15) is 12.8 Å². The highest BCUT2D eigenvalue weighted by Gasteiger charge is 2.35. The fourth-order valence-electron chi connectivity index (χ4n) is 2.91. The predicted octanol–water partition coefficient (Wildman–Crippen LogP) is 2.45. The van der Waals surface area contributed by atoms with E-state index >= 15 is 0 Å². The number of rotatable bonds is 4. The van der Waals surface area contributed by atoms with Crippen LogP contribution in [0.1, 0.15) is 18.2 Å². The molecular weight excluding hydrogens is 359 g/mol. The summed E-state index contributed by atoms with van der Waals surface area (Å²) < 4.78 is 45.5. The van der Waals surface area contributed by atoms with E-state index in [1.54, 1.807) is 18.5 Å². The van der Waals surface area contributed by atoms with Gasteiger partial charge in [0.15, 0.2) is 0 Å². The van der Waals surface area contributed by atoms with Gasteiger partial charge in [-0.3, -0.25) is 4.98 Å². The number of hydrogen-bond acceptors (Lipinski definition) is 6. The lowest BCUT2D eigenvalue weighted by Crippen LogP contribution is -2.28. The van der Waals surface area contributed by atoms with Crippen LogP contribution in [-0.4, -0.2) is 41.0 Å². The minimum atomic E-state index is -3.67. The number of halogens is 1. The molecule has 0 saturated carbocycles. The topological polar surface area (TPSA) is 89.2 Å². The third-order valence-corrected chi connectivity index (χ3v) is 6.18. The van der Waals surface area contributed by atoms with Gasteiger partial charge in [0.2, 0.25) is 21.8 Å². The summed E-state index contributed by atoms with van der Waals surface area (Å²) in [6.07, 6.45) is 3.85. The molecule has 1 atom stereocenters. The Labute approximate surface area is 149 Å². The van der Waals surface area contributed by atoms with Crippen molar-refractivity contribution in [2.75, 3.05) is 13.1 Å². The molecule has 0 N–H and O–H groups in total. The molecule has 1 aromatic carbocycles. The molecule has 3 aromatic rings. The summed E-state index contributed by atoms with van der Waals surface area (Å²) in [7, 11) is -3.67. The van der Waals surface area contributed by atoms with Crippen LogP contribution in [0.2, 0.25) is 0 Å². The standard InChI is InChI=1S/C17H15FN4O3S/c18-14-3-5-15(6-4-14)26(23,24)22-9-7-13(11-22)17-21-20-16(25-17)12-2-1-8-19-10-12/h1-6,8,10,13H,7,9,11H2/t13-/m1/s1. The molecule has 0 spiro atoms. The first kappa shape index (κ1) is 16.8. The van der Waals surface area contributed by atoms with Crippen molar-refractivity contribution in [3.63, 3.8) is 0 Å². The Morgan fingerprint density at radius 2 is 1.96 bits per heavy atom. The summed E-state index contributed by atoms with van der Waals surface area (Å²) in [4.78, 5) is 4.08. The molecule has 26 heavy (non-hydrogen) atoms. The van der Waals surface area contributed by atoms with Gasteiger partial charge in [-0.1, -0.05) is 0 Å². The van der Waals surface area contributed by atoms with Gasteiger partial charge in [-0.05, 0) is 42.8 Å². The Balaban J connectivity index is 1.52. The summed E-state index contributed by atoms with van der Waals surface area (Å²) >= 11 is 0. The van der Waals surface area contributed by atoms with E-state index in [-0.39, 0.29) is 17.4 Å². The minimum absolute atomic E-state index is 0.0705. The van der Waals surface area contributed by atoms with Crippen molar-refractivity contribution in [2.24, 2.45) is 0 Å². The average molecular weight is 374 g/mol. The maximum absolute atomic E-state index is 13.0. The molecule has 4 rings (SSSR count). The Kier molecular flexibility index (Phi) is 4.25. The zero-order valence-corrected chi connectivity index (χ0v) is 14.4. The van der Waals surface area contributed by atoms with E-state index in [2.05, 4.69) is 15.2 Å². The van der Waals surface area contributed by atoms with Crippen LogP contribution in [-0.2, 0) is 10.0 Å². The van der Waals surface area contributed by atoms with E-state index in [1.165, 1.54) is 16.4 Å². The molecule has 0 amide bonds. The largest absolute Gasteiger partial charge is 0.420 e. The lowest BCUT2D eigenvalue weighted by molar-refractivity contribution is 0.440. The van der Waals surface area contributed by atoms with Gasteiger partial charge in [-0.25, -0.2) is 12.8 Å². The molecule has 1 aliphatic heterocycles. The van der Waals surface area contributed by atoms with Crippen LogP contribution in [0.15, 0.2) is 58.1 Å². The van der Waals surface area contributed by atoms with Crippen molar-refractivity contribution in [3.05, 3.63) is 60.5 Å². The van der Waals surface area contributed by atoms with Crippen LogP contribution in [0, 0.1) is 5.82 Å². The van der Waals surface area contributed by atoms with Crippen molar-refractivity contribution in [2.45, 2.75) is 17.2 Å². The summed E-state index contributed by atoms with van der Waals surface area (Å²) in [6, 6.07) is 8.39. The van der Waals surface area contributed by atoms with Crippen molar-refractivity contribution >= 4 is 10.0 Å². The van der Waals surface area contributed by atoms with Crippen LogP contribution in [0.25, 0.3) is 11.5 Å². The molecular formula is C17H15FN4O3S. The molecule has 1 aliphatic rings. The maximum atomic E-state index is 13.0. The van der Waals surface area contributed by atoms with Gasteiger partial charge in [0, 0.05) is 25.5 Å². The molecule has 0 unspecified atom stereocenters. The summed E-state index contributed by atoms with van der Waals surface area (Å²) in [5.74, 6) is 0.105. The van der Waals surface area contributed by atoms with Crippen LogP contribution in [0.5, 0.6) is 0 Å². The second-order valence-corrected chi connectivity index (χ2v) is 7.93. The number of benzene rings is 1. The molecule has 1 saturated heterocycles. The number of sulfonamides is 1. The van der Waals surface area contributed by atoms with Crippen molar-refractivity contribution in [3.8, 4) is 11.5 Å². The lowest BCUT2D eigenvalue weighted by atomic mass is 10.1. The summed E-state index contributed by atoms with van der Waals surface area (Å²) in [5, 5.41) is 8.08. The molecule has 1 fully saturated rings. The molecule has 0 aliphatic carbocycles. The Bertz CT molecular complexity index is 1010. The highest BCUT2D eigenvalue weighted by atomic mass is 32.2. The molecule has 2 aromatic heterocycles. The normalized spacial score (nSPS) is 18.3. The number of hydrogen-bond donors (Lipinski definition) is 0. The van der Waals surface area contributed by atoms with E-state index in [1.807, 2.05) is 6.07 Å². The molecule has 3 heterocycles. The lowest BCUT2D eigenvalue weighted by Gasteiger charge is -2.15. The van der Waals surface area contributed by atoms with Gasteiger partial charge in [0.05, 0.1) is 16.4 Å². The van der Waals surface area contributed by atoms with E-state index in [4.69, 9.17) is 4.42 Å². The van der Waals surface area contributed by atoms with E-state index in [0.29, 0.717) is 30.3 Å². The van der Waals surface area contributed by atoms with Gasteiger partial charge in [-0.15, -0.1) is 10.2 Å². The van der Waals surface area contributed by atoms with Gasteiger partial charge in [0.1, 0.15) is 5.82 Å². The molecule has 7 nitrogen and oxygen atoms in total. The zero-order chi connectivity index (χ0) is 18.1. The zero-order valence-electron chi connectivity index (χ0n) is 13.6. The minimum Gasteiger partial charge on any atom is -0.420 e. The second-order valence-electron chi connectivity index (χ2n) is 5.99. The first-order chi connectivity index (χ1) is 12.5. The molecule has 0 bridgehead atoms. The maximum Gasteiger partial charge on any atom is 0.249 e. The van der Waals surface area contributed by atoms with Crippen LogP contribution in [0.4, 0.5) is 4.39 Å². The van der Waals surface area contributed by atoms with Crippen molar-refractivity contribution < 1.29 is 17.2 Å². The van der Waals surface area contributed by atoms with E-state index < -0.39 is 15.8 Å². The molecule has 9 heteroatoms. The number of aromatic nitrogens is 3. The number of pyridine rings is 1. The summed E-state index contributed by atoms with van der Waals surface area (Å²) in [5.41, 5.74) is 0.708. The third-order valence-electron chi connectivity index (χ3n) is 4.30. The fraction of sp³-hybridized carbons (Fsp3) is 0.235. The Hall–Kier alpha value is -2.65. The van der Waals surface area contributed by atoms with Gasteiger partial charge in [0.25, 0.3) is 0 Å². The van der Waals surface area contributed by atoms with Crippen LogP contribution in [0.3, 0.4) is 0 Å². The van der Waals surface area contributed by atoms with Crippen LogP contribution >= 0.6 is 0 Å². The number of nitrogens with zero attached hydrogens (tertiary/aromatic N) is 4. The van der Waals surface area contributed by atoms with Crippen molar-refractivity contribution in [1.29, 1.82) is 0 Å². The summed E-state index contributed by atoms with van der Waals surface area (Å²) in [6.45, 7) is 0.587. The molecule has 0 radical (unpaired) electrons. The monoisotopic (exact) mass is 374 g/mol. The van der Waals surface area contributed by atoms with Gasteiger partial charge < -0.3 is 4.42 Å². The van der Waals surface area contributed by atoms with E-state index in [0.717, 1.165) is 12.1 Å². The average Bonchev–Trinajstić information content (AvgIpc) is 3.33. The highest BCUT2D eigenvalue weighted by Crippen LogP contribution is 2.31. The quantitative estimate of drug-likeness (QED) is 0.697. The first-order valence-electron chi connectivity index (χ1n) is 8.03. The van der Waals surface area contributed by atoms with Gasteiger partial charge in [-0.2, -0.15) is 4.31 Å². The smallest absolute Gasteiger partial charge is 0.249 e. The molecule has 134 valence electrons. The fourth-order valence-corrected chi connectivity index (χ4v) is 4.41.